The van der Waals surface area contributed by atoms with Gasteiger partial charge in [-0.25, -0.2) is 0 Å². The van der Waals surface area contributed by atoms with Crippen LogP contribution in [0.2, 0.25) is 0 Å². The van der Waals surface area contributed by atoms with Gasteiger partial charge in [-0.1, -0.05) is 20.8 Å². The zero-order valence-corrected chi connectivity index (χ0v) is 14.0. The molecular formula is C17H30N2O2. The van der Waals surface area contributed by atoms with Crippen molar-refractivity contribution in [3.05, 3.63) is 18.0 Å². The molecule has 1 N–H and O–H groups in total. The molecule has 0 aliphatic carbocycles. The molecule has 4 nitrogen and oxygen atoms in total. The Morgan fingerprint density at radius 2 is 1.90 bits per heavy atom. The number of aromatic nitrogens is 2. The van der Waals surface area contributed by atoms with Crippen molar-refractivity contribution in [2.24, 2.45) is 11.8 Å². The highest BCUT2D eigenvalue weighted by Gasteiger charge is 2.41. The first kappa shape index (κ1) is 16.5. The normalized spacial score (nSPS) is 31.0. The van der Waals surface area contributed by atoms with Gasteiger partial charge in [0, 0.05) is 18.5 Å². The Kier molecular flexibility index (Phi) is 5.44. The van der Waals surface area contributed by atoms with Crippen LogP contribution in [0, 0.1) is 11.8 Å². The van der Waals surface area contributed by atoms with Crippen LogP contribution in [-0.2, 0) is 11.2 Å². The van der Waals surface area contributed by atoms with Gasteiger partial charge in [0.05, 0.1) is 30.0 Å². The van der Waals surface area contributed by atoms with E-state index >= 15 is 0 Å². The van der Waals surface area contributed by atoms with Crippen LogP contribution in [0.5, 0.6) is 0 Å². The highest BCUT2D eigenvalue weighted by Crippen LogP contribution is 2.35. The van der Waals surface area contributed by atoms with Gasteiger partial charge in [-0.15, -0.1) is 0 Å². The second kappa shape index (κ2) is 6.93. The minimum Gasteiger partial charge on any atom is -0.392 e. The summed E-state index contributed by atoms with van der Waals surface area (Å²) in [6.07, 6.45) is 4.78. The Morgan fingerprint density at radius 3 is 2.43 bits per heavy atom. The van der Waals surface area contributed by atoms with Crippen LogP contribution in [-0.4, -0.2) is 33.2 Å². The molecule has 0 radical (unpaired) electrons. The first-order valence-corrected chi connectivity index (χ1v) is 8.35. The Bertz CT molecular complexity index is 442. The molecule has 0 saturated carbocycles. The van der Waals surface area contributed by atoms with Gasteiger partial charge in [0.25, 0.3) is 0 Å². The SMILES string of the molecule is CCC(CC)n1ccc(CC(O)C2C(C)OC(C)C2C)n1. The van der Waals surface area contributed by atoms with Gasteiger partial charge in [-0.2, -0.15) is 5.10 Å². The van der Waals surface area contributed by atoms with Crippen molar-refractivity contribution in [1.29, 1.82) is 0 Å². The van der Waals surface area contributed by atoms with E-state index in [1.54, 1.807) is 0 Å². The van der Waals surface area contributed by atoms with Gasteiger partial charge < -0.3 is 9.84 Å². The zero-order valence-electron chi connectivity index (χ0n) is 14.0. The molecule has 2 rings (SSSR count). The molecule has 1 saturated heterocycles. The Hall–Kier alpha value is -0.870. The topological polar surface area (TPSA) is 47.3 Å². The second-order valence-electron chi connectivity index (χ2n) is 6.51. The molecule has 0 spiro atoms. The molecule has 5 unspecified atom stereocenters. The smallest absolute Gasteiger partial charge is 0.0652 e. The van der Waals surface area contributed by atoms with E-state index in [-0.39, 0.29) is 24.2 Å². The van der Waals surface area contributed by atoms with Crippen LogP contribution in [0.25, 0.3) is 0 Å². The number of nitrogens with zero attached hydrogens (tertiary/aromatic N) is 2. The largest absolute Gasteiger partial charge is 0.392 e. The molecular weight excluding hydrogens is 264 g/mol. The van der Waals surface area contributed by atoms with Gasteiger partial charge in [-0.05, 0) is 38.7 Å². The third-order valence-corrected chi connectivity index (χ3v) is 5.16. The predicted octanol–water partition coefficient (Wildman–Crippen LogP) is 3.21. The Morgan fingerprint density at radius 1 is 1.24 bits per heavy atom. The zero-order chi connectivity index (χ0) is 15.6. The van der Waals surface area contributed by atoms with E-state index in [0.29, 0.717) is 18.4 Å². The summed E-state index contributed by atoms with van der Waals surface area (Å²) in [7, 11) is 0. The minimum atomic E-state index is -0.384. The molecule has 1 aromatic rings. The fourth-order valence-electron chi connectivity index (χ4n) is 3.66. The lowest BCUT2D eigenvalue weighted by atomic mass is 9.83. The van der Waals surface area contributed by atoms with E-state index in [1.165, 1.54) is 0 Å². The minimum absolute atomic E-state index is 0.117. The maximum Gasteiger partial charge on any atom is 0.0652 e. The molecule has 0 bridgehead atoms. The third-order valence-electron chi connectivity index (χ3n) is 5.16. The van der Waals surface area contributed by atoms with Crippen molar-refractivity contribution in [1.82, 2.24) is 9.78 Å². The van der Waals surface area contributed by atoms with Crippen molar-refractivity contribution < 1.29 is 9.84 Å². The number of ether oxygens (including phenoxy) is 1. The molecule has 2 heterocycles. The van der Waals surface area contributed by atoms with E-state index in [4.69, 9.17) is 4.74 Å². The fraction of sp³-hybridized carbons (Fsp3) is 0.824. The van der Waals surface area contributed by atoms with E-state index in [1.807, 2.05) is 16.9 Å². The Labute approximate surface area is 128 Å². The van der Waals surface area contributed by atoms with E-state index < -0.39 is 0 Å². The summed E-state index contributed by atoms with van der Waals surface area (Å²) in [5.74, 6) is 0.578. The molecule has 1 aliphatic rings. The molecule has 1 aliphatic heterocycles. The summed E-state index contributed by atoms with van der Waals surface area (Å²) in [4.78, 5) is 0. The standard InChI is InChI=1S/C17H30N2O2/c1-6-15(7-2)19-9-8-14(18-19)10-16(20)17-11(3)12(4)21-13(17)5/h8-9,11-13,15-17,20H,6-7,10H2,1-5H3. The predicted molar refractivity (Wildman–Crippen MR) is 84.2 cm³/mol. The van der Waals surface area contributed by atoms with Crippen LogP contribution in [0.3, 0.4) is 0 Å². The lowest BCUT2D eigenvalue weighted by Crippen LogP contribution is -2.32. The molecule has 0 amide bonds. The summed E-state index contributed by atoms with van der Waals surface area (Å²) < 4.78 is 7.88. The summed E-state index contributed by atoms with van der Waals surface area (Å²) in [6.45, 7) is 10.7. The molecule has 5 atom stereocenters. The highest BCUT2D eigenvalue weighted by molar-refractivity contribution is 5.03. The van der Waals surface area contributed by atoms with E-state index in [0.717, 1.165) is 18.5 Å². The second-order valence-corrected chi connectivity index (χ2v) is 6.51. The molecule has 4 heteroatoms. The number of rotatable bonds is 6. The van der Waals surface area contributed by atoms with Crippen LogP contribution in [0.1, 0.15) is 59.2 Å². The first-order valence-electron chi connectivity index (χ1n) is 8.35. The van der Waals surface area contributed by atoms with E-state index in [9.17, 15) is 5.11 Å². The molecule has 1 fully saturated rings. The highest BCUT2D eigenvalue weighted by atomic mass is 16.5. The van der Waals surface area contributed by atoms with Gasteiger partial charge in [-0.3, -0.25) is 4.68 Å². The maximum atomic E-state index is 10.6. The quantitative estimate of drug-likeness (QED) is 0.876. The summed E-state index contributed by atoms with van der Waals surface area (Å²) >= 11 is 0. The lowest BCUT2D eigenvalue weighted by Gasteiger charge is -2.24. The van der Waals surface area contributed by atoms with Gasteiger partial charge >= 0.3 is 0 Å². The van der Waals surface area contributed by atoms with Gasteiger partial charge in [0.2, 0.25) is 0 Å². The average molecular weight is 294 g/mol. The molecule has 1 aromatic heterocycles. The van der Waals surface area contributed by atoms with Crippen LogP contribution < -0.4 is 0 Å². The van der Waals surface area contributed by atoms with Crippen molar-refractivity contribution >= 4 is 0 Å². The summed E-state index contributed by atoms with van der Waals surface area (Å²) in [5, 5.41) is 15.2. The monoisotopic (exact) mass is 294 g/mol. The lowest BCUT2D eigenvalue weighted by molar-refractivity contribution is 0.0236. The number of hydrogen-bond acceptors (Lipinski definition) is 3. The molecule has 120 valence electrons. The number of aliphatic hydroxyl groups is 1. The van der Waals surface area contributed by atoms with Crippen LogP contribution >= 0.6 is 0 Å². The average Bonchev–Trinajstić information content (AvgIpc) is 2.97. The van der Waals surface area contributed by atoms with Gasteiger partial charge in [0.15, 0.2) is 0 Å². The van der Waals surface area contributed by atoms with Crippen LogP contribution in [0.15, 0.2) is 12.3 Å². The Balaban J connectivity index is 2.01. The number of aliphatic hydroxyl groups excluding tert-OH is 1. The third kappa shape index (κ3) is 3.49. The van der Waals surface area contributed by atoms with Crippen molar-refractivity contribution in [2.75, 3.05) is 0 Å². The molecule has 0 aromatic carbocycles. The number of hydrogen-bond donors (Lipinski definition) is 1. The van der Waals surface area contributed by atoms with Crippen molar-refractivity contribution in [2.45, 2.75) is 78.2 Å². The first-order chi connectivity index (χ1) is 9.97. The van der Waals surface area contributed by atoms with Gasteiger partial charge in [0.1, 0.15) is 0 Å². The van der Waals surface area contributed by atoms with Crippen molar-refractivity contribution in [3.8, 4) is 0 Å². The fourth-order valence-corrected chi connectivity index (χ4v) is 3.66. The van der Waals surface area contributed by atoms with Crippen molar-refractivity contribution in [3.63, 3.8) is 0 Å². The van der Waals surface area contributed by atoms with E-state index in [2.05, 4.69) is 39.7 Å². The summed E-state index contributed by atoms with van der Waals surface area (Å²) in [6, 6.07) is 2.50. The summed E-state index contributed by atoms with van der Waals surface area (Å²) in [5.41, 5.74) is 0.980. The molecule has 21 heavy (non-hydrogen) atoms. The van der Waals surface area contributed by atoms with Crippen LogP contribution in [0.4, 0.5) is 0 Å². The maximum absolute atomic E-state index is 10.6.